The van der Waals surface area contributed by atoms with Crippen LogP contribution < -0.4 is 10.6 Å². The van der Waals surface area contributed by atoms with Gasteiger partial charge in [-0.2, -0.15) is 0 Å². The molecule has 98 valence electrons. The Morgan fingerprint density at radius 1 is 1.44 bits per heavy atom. The van der Waals surface area contributed by atoms with Gasteiger partial charge in [0.05, 0.1) is 0 Å². The van der Waals surface area contributed by atoms with Crippen molar-refractivity contribution in [1.82, 2.24) is 5.32 Å². The second-order valence-corrected chi connectivity index (χ2v) is 6.63. The predicted molar refractivity (Wildman–Crippen MR) is 70.2 cm³/mol. The highest BCUT2D eigenvalue weighted by molar-refractivity contribution is 7.91. The number of rotatable bonds is 3. The van der Waals surface area contributed by atoms with Gasteiger partial charge in [0.2, 0.25) is 5.91 Å². The van der Waals surface area contributed by atoms with Gasteiger partial charge in [0, 0.05) is 18.5 Å². The molecule has 0 radical (unpaired) electrons. The fraction of sp³-hybridized carbons (Fsp3) is 0.417. The van der Waals surface area contributed by atoms with Crippen LogP contribution in [0.5, 0.6) is 0 Å². The summed E-state index contributed by atoms with van der Waals surface area (Å²) in [5, 5.41) is 5.90. The van der Waals surface area contributed by atoms with Crippen molar-refractivity contribution >= 4 is 21.4 Å². The minimum absolute atomic E-state index is 0.482. The number of fused-ring (bicyclic) bond motifs is 1. The van der Waals surface area contributed by atoms with Crippen LogP contribution in [-0.4, -0.2) is 32.9 Å². The predicted octanol–water partition coefficient (Wildman–Crippen LogP) is 0.315. The summed E-state index contributed by atoms with van der Waals surface area (Å²) in [5.41, 5.74) is 2.95. The number of nitrogens with one attached hydrogen (secondary N) is 2. The average molecular weight is 268 g/mol. The van der Waals surface area contributed by atoms with Crippen LogP contribution in [0.2, 0.25) is 0 Å². The first-order valence-corrected chi connectivity index (χ1v) is 7.81. The number of amides is 1. The van der Waals surface area contributed by atoms with E-state index in [1.165, 1.54) is 5.56 Å². The maximum Gasteiger partial charge on any atom is 0.239 e. The Kier molecular flexibility index (Phi) is 3.68. The van der Waals surface area contributed by atoms with Crippen LogP contribution in [0.3, 0.4) is 0 Å². The zero-order chi connectivity index (χ0) is 13.2. The second kappa shape index (κ2) is 5.07. The SMILES string of the molecule is CS(=O)(=O)CC(=O)Nc1cccc2c1CNCC2. The molecule has 0 atom stereocenters. The molecule has 0 spiro atoms. The van der Waals surface area contributed by atoms with Gasteiger partial charge >= 0.3 is 0 Å². The van der Waals surface area contributed by atoms with Crippen LogP contribution in [-0.2, 0) is 27.6 Å². The fourth-order valence-corrected chi connectivity index (χ4v) is 2.60. The van der Waals surface area contributed by atoms with Crippen molar-refractivity contribution < 1.29 is 13.2 Å². The molecule has 1 heterocycles. The molecule has 2 rings (SSSR count). The summed E-state index contributed by atoms with van der Waals surface area (Å²) in [4.78, 5) is 11.6. The molecule has 18 heavy (non-hydrogen) atoms. The lowest BCUT2D eigenvalue weighted by Gasteiger charge is -2.20. The largest absolute Gasteiger partial charge is 0.325 e. The maximum atomic E-state index is 11.6. The molecule has 0 aromatic heterocycles. The van der Waals surface area contributed by atoms with E-state index in [4.69, 9.17) is 0 Å². The number of carbonyl (C=O) groups is 1. The van der Waals surface area contributed by atoms with Crippen molar-refractivity contribution in [1.29, 1.82) is 0 Å². The molecule has 0 saturated carbocycles. The number of carbonyl (C=O) groups excluding carboxylic acids is 1. The molecule has 0 unspecified atom stereocenters. The van der Waals surface area contributed by atoms with Crippen LogP contribution in [0, 0.1) is 0 Å². The molecular weight excluding hydrogens is 252 g/mol. The molecule has 5 nitrogen and oxygen atoms in total. The van der Waals surface area contributed by atoms with E-state index < -0.39 is 21.5 Å². The third-order valence-corrected chi connectivity index (χ3v) is 3.60. The van der Waals surface area contributed by atoms with E-state index >= 15 is 0 Å². The van der Waals surface area contributed by atoms with Crippen LogP contribution in [0.4, 0.5) is 5.69 Å². The molecule has 1 aromatic rings. The molecule has 0 fully saturated rings. The quantitative estimate of drug-likeness (QED) is 0.827. The number of sulfone groups is 1. The minimum atomic E-state index is -3.29. The zero-order valence-corrected chi connectivity index (χ0v) is 11.0. The van der Waals surface area contributed by atoms with Crippen molar-refractivity contribution in [3.63, 3.8) is 0 Å². The lowest BCUT2D eigenvalue weighted by molar-refractivity contribution is -0.113. The topological polar surface area (TPSA) is 75.3 Å². The first-order valence-electron chi connectivity index (χ1n) is 5.75. The maximum absolute atomic E-state index is 11.6. The van der Waals surface area contributed by atoms with Gasteiger partial charge in [-0.1, -0.05) is 12.1 Å². The van der Waals surface area contributed by atoms with Crippen LogP contribution in [0.25, 0.3) is 0 Å². The monoisotopic (exact) mass is 268 g/mol. The summed E-state index contributed by atoms with van der Waals surface area (Å²) in [7, 11) is -3.29. The molecule has 1 aliphatic rings. The Labute approximate surface area is 107 Å². The van der Waals surface area contributed by atoms with Crippen LogP contribution >= 0.6 is 0 Å². The van der Waals surface area contributed by atoms with Crippen molar-refractivity contribution in [2.75, 3.05) is 23.9 Å². The fourth-order valence-electron chi connectivity index (χ4n) is 2.06. The number of hydrogen-bond donors (Lipinski definition) is 2. The molecule has 2 N–H and O–H groups in total. The second-order valence-electron chi connectivity index (χ2n) is 4.49. The summed E-state index contributed by atoms with van der Waals surface area (Å²) in [5.74, 6) is -0.971. The molecule has 1 aliphatic heterocycles. The van der Waals surface area contributed by atoms with Crippen LogP contribution in [0.15, 0.2) is 18.2 Å². The van der Waals surface area contributed by atoms with Gasteiger partial charge in [-0.15, -0.1) is 0 Å². The van der Waals surface area contributed by atoms with E-state index in [0.29, 0.717) is 12.2 Å². The summed E-state index contributed by atoms with van der Waals surface area (Å²) in [6.45, 7) is 1.62. The summed E-state index contributed by atoms with van der Waals surface area (Å²) in [6.07, 6.45) is 1.97. The molecule has 0 aliphatic carbocycles. The van der Waals surface area contributed by atoms with Gasteiger partial charge < -0.3 is 10.6 Å². The minimum Gasteiger partial charge on any atom is -0.325 e. The Morgan fingerprint density at radius 2 is 2.22 bits per heavy atom. The van der Waals surface area contributed by atoms with E-state index in [-0.39, 0.29) is 0 Å². The van der Waals surface area contributed by atoms with E-state index in [0.717, 1.165) is 24.8 Å². The Balaban J connectivity index is 2.17. The number of benzene rings is 1. The third-order valence-electron chi connectivity index (χ3n) is 2.81. The van der Waals surface area contributed by atoms with Crippen molar-refractivity contribution in [3.8, 4) is 0 Å². The average Bonchev–Trinajstić information content (AvgIpc) is 2.27. The van der Waals surface area contributed by atoms with Crippen LogP contribution in [0.1, 0.15) is 11.1 Å². The molecule has 0 bridgehead atoms. The normalized spacial score (nSPS) is 14.9. The molecule has 0 saturated heterocycles. The standard InChI is InChI=1S/C12H16N2O3S/c1-18(16,17)8-12(15)14-11-4-2-3-9-5-6-13-7-10(9)11/h2-4,13H,5-8H2,1H3,(H,14,15). The third kappa shape index (κ3) is 3.30. The highest BCUT2D eigenvalue weighted by Gasteiger charge is 2.16. The molecule has 1 aromatic carbocycles. The van der Waals surface area contributed by atoms with Gasteiger partial charge in [0.15, 0.2) is 9.84 Å². The van der Waals surface area contributed by atoms with Gasteiger partial charge in [-0.05, 0) is 30.2 Å². The molecule has 1 amide bonds. The summed E-state index contributed by atoms with van der Waals surface area (Å²) in [6, 6.07) is 5.70. The Morgan fingerprint density at radius 3 is 2.94 bits per heavy atom. The van der Waals surface area contributed by atoms with E-state index in [1.54, 1.807) is 6.07 Å². The Hall–Kier alpha value is -1.40. The van der Waals surface area contributed by atoms with Gasteiger partial charge in [-0.25, -0.2) is 8.42 Å². The van der Waals surface area contributed by atoms with Crippen molar-refractivity contribution in [3.05, 3.63) is 29.3 Å². The first-order chi connectivity index (χ1) is 8.46. The smallest absolute Gasteiger partial charge is 0.239 e. The van der Waals surface area contributed by atoms with Gasteiger partial charge in [-0.3, -0.25) is 4.79 Å². The van der Waals surface area contributed by atoms with Crippen molar-refractivity contribution in [2.24, 2.45) is 0 Å². The Bertz CT molecular complexity index is 567. The van der Waals surface area contributed by atoms with E-state index in [1.807, 2.05) is 12.1 Å². The van der Waals surface area contributed by atoms with Gasteiger partial charge in [0.1, 0.15) is 5.75 Å². The number of anilines is 1. The van der Waals surface area contributed by atoms with E-state index in [2.05, 4.69) is 10.6 Å². The highest BCUT2D eigenvalue weighted by atomic mass is 32.2. The highest BCUT2D eigenvalue weighted by Crippen LogP contribution is 2.22. The van der Waals surface area contributed by atoms with Crippen molar-refractivity contribution in [2.45, 2.75) is 13.0 Å². The van der Waals surface area contributed by atoms with Gasteiger partial charge in [0.25, 0.3) is 0 Å². The summed E-state index contributed by atoms with van der Waals surface area (Å²) < 4.78 is 22.1. The molecular formula is C12H16N2O3S. The zero-order valence-electron chi connectivity index (χ0n) is 10.2. The number of hydrogen-bond acceptors (Lipinski definition) is 4. The first kappa shape index (κ1) is 13.0. The lowest BCUT2D eigenvalue weighted by Crippen LogP contribution is -2.27. The van der Waals surface area contributed by atoms with E-state index in [9.17, 15) is 13.2 Å². The molecule has 6 heteroatoms. The lowest BCUT2D eigenvalue weighted by atomic mass is 9.99. The summed E-state index contributed by atoms with van der Waals surface area (Å²) >= 11 is 0.